The van der Waals surface area contributed by atoms with Crippen molar-refractivity contribution in [1.29, 1.82) is 0 Å². The zero-order chi connectivity index (χ0) is 17.8. The number of hydrogen-bond donors (Lipinski definition) is 2. The van der Waals surface area contributed by atoms with E-state index in [0.717, 1.165) is 51.4 Å². The fraction of sp³-hybridized carbons (Fsp3) is 0.889. The summed E-state index contributed by atoms with van der Waals surface area (Å²) in [6, 6.07) is 0.462. The summed E-state index contributed by atoms with van der Waals surface area (Å²) in [5.41, 5.74) is 0. The van der Waals surface area contributed by atoms with E-state index < -0.39 is 0 Å². The molecule has 2 amide bonds. The van der Waals surface area contributed by atoms with Crippen LogP contribution in [0.1, 0.15) is 57.8 Å². The van der Waals surface area contributed by atoms with Crippen LogP contribution in [0.2, 0.25) is 0 Å². The fourth-order valence-electron chi connectivity index (χ4n) is 3.76. The normalized spacial score (nSPS) is 35.8. The van der Waals surface area contributed by atoms with Gasteiger partial charge in [0, 0.05) is 18.0 Å². The lowest BCUT2D eigenvalue weighted by Crippen LogP contribution is -2.44. The first-order valence-electron chi connectivity index (χ1n) is 9.50. The lowest BCUT2D eigenvalue weighted by atomic mass is 9.85. The summed E-state index contributed by atoms with van der Waals surface area (Å²) in [4.78, 5) is 24.4. The van der Waals surface area contributed by atoms with Crippen LogP contribution in [-0.4, -0.2) is 47.4 Å². The Kier molecular flexibility index (Phi) is 6.86. The van der Waals surface area contributed by atoms with Gasteiger partial charge in [0.2, 0.25) is 11.8 Å². The highest BCUT2D eigenvalue weighted by Crippen LogP contribution is 2.29. The summed E-state index contributed by atoms with van der Waals surface area (Å²) >= 11 is 12.3. The monoisotopic (exact) mass is 390 g/mol. The number of carbonyl (C=O) groups is 2. The third kappa shape index (κ3) is 6.00. The van der Waals surface area contributed by atoms with Gasteiger partial charge in [-0.3, -0.25) is 9.59 Å². The second kappa shape index (κ2) is 8.92. The Labute approximate surface area is 159 Å². The quantitative estimate of drug-likeness (QED) is 0.685. The zero-order valence-corrected chi connectivity index (χ0v) is 16.0. The highest BCUT2D eigenvalue weighted by Gasteiger charge is 2.32. The first-order valence-corrected chi connectivity index (χ1v) is 10.4. The Morgan fingerprint density at radius 1 is 0.880 bits per heavy atom. The van der Waals surface area contributed by atoms with Crippen LogP contribution in [-0.2, 0) is 14.3 Å². The Bertz CT molecular complexity index is 487. The Hall–Kier alpha value is -0.520. The molecule has 5 nitrogen and oxygen atoms in total. The molecule has 0 saturated heterocycles. The maximum absolute atomic E-state index is 12.2. The van der Waals surface area contributed by atoms with Gasteiger partial charge >= 0.3 is 0 Å². The SMILES string of the molecule is O=C(COC1CCC(Cl)C(Cl)C1)NC1CCCC(C(=O)NC2CC2)C1. The second-order valence-electron chi connectivity index (χ2n) is 7.69. The van der Waals surface area contributed by atoms with Crippen LogP contribution >= 0.6 is 23.2 Å². The van der Waals surface area contributed by atoms with Crippen LogP contribution < -0.4 is 10.6 Å². The number of rotatable bonds is 6. The van der Waals surface area contributed by atoms with Gasteiger partial charge in [-0.1, -0.05) is 6.42 Å². The van der Waals surface area contributed by atoms with Gasteiger partial charge in [-0.25, -0.2) is 0 Å². The van der Waals surface area contributed by atoms with E-state index in [1.807, 2.05) is 0 Å². The molecule has 3 fully saturated rings. The number of alkyl halides is 2. The molecule has 3 aliphatic carbocycles. The average Bonchev–Trinajstić information content (AvgIpc) is 3.40. The van der Waals surface area contributed by atoms with E-state index in [1.165, 1.54) is 0 Å². The predicted molar refractivity (Wildman–Crippen MR) is 97.9 cm³/mol. The van der Waals surface area contributed by atoms with E-state index in [4.69, 9.17) is 27.9 Å². The first kappa shape index (κ1) is 19.2. The van der Waals surface area contributed by atoms with Crippen LogP contribution in [0.5, 0.6) is 0 Å². The largest absolute Gasteiger partial charge is 0.368 e. The number of halogens is 2. The smallest absolute Gasteiger partial charge is 0.246 e. The highest BCUT2D eigenvalue weighted by atomic mass is 35.5. The molecule has 3 rings (SSSR count). The van der Waals surface area contributed by atoms with Crippen LogP contribution in [0.4, 0.5) is 0 Å². The Morgan fingerprint density at radius 3 is 2.40 bits per heavy atom. The first-order chi connectivity index (χ1) is 12.0. The number of carbonyl (C=O) groups excluding carboxylic acids is 2. The molecule has 0 aromatic carbocycles. The van der Waals surface area contributed by atoms with E-state index in [0.29, 0.717) is 12.5 Å². The summed E-state index contributed by atoms with van der Waals surface area (Å²) in [5, 5.41) is 6.01. The maximum Gasteiger partial charge on any atom is 0.246 e. The number of nitrogens with one attached hydrogen (secondary N) is 2. The van der Waals surface area contributed by atoms with Crippen molar-refractivity contribution >= 4 is 35.0 Å². The molecule has 5 unspecified atom stereocenters. The topological polar surface area (TPSA) is 67.4 Å². The number of ether oxygens (including phenoxy) is 1. The Balaban J connectivity index is 1.36. The van der Waals surface area contributed by atoms with Crippen LogP contribution in [0, 0.1) is 5.92 Å². The van der Waals surface area contributed by atoms with Gasteiger partial charge in [-0.2, -0.15) is 0 Å². The molecule has 0 aliphatic heterocycles. The van der Waals surface area contributed by atoms with Gasteiger partial charge in [0.25, 0.3) is 0 Å². The second-order valence-corrected chi connectivity index (χ2v) is 8.81. The van der Waals surface area contributed by atoms with Crippen molar-refractivity contribution in [2.45, 2.75) is 86.7 Å². The predicted octanol–water partition coefficient (Wildman–Crippen LogP) is 2.72. The van der Waals surface area contributed by atoms with E-state index in [1.54, 1.807) is 0 Å². The third-order valence-corrected chi connectivity index (χ3v) is 6.56. The van der Waals surface area contributed by atoms with Crippen LogP contribution in [0.15, 0.2) is 0 Å². The zero-order valence-electron chi connectivity index (χ0n) is 14.5. The molecule has 0 bridgehead atoms. The summed E-state index contributed by atoms with van der Waals surface area (Å²) in [6.07, 6.45) is 8.12. The molecular formula is C18H28Cl2N2O3. The van der Waals surface area contributed by atoms with Crippen molar-refractivity contribution in [3.05, 3.63) is 0 Å². The molecule has 0 radical (unpaired) electrons. The maximum atomic E-state index is 12.2. The minimum absolute atomic E-state index is 0.00343. The van der Waals surface area contributed by atoms with Crippen molar-refractivity contribution in [2.24, 2.45) is 5.92 Å². The molecule has 0 heterocycles. The Morgan fingerprint density at radius 2 is 1.68 bits per heavy atom. The number of amides is 2. The van der Waals surface area contributed by atoms with Crippen molar-refractivity contribution < 1.29 is 14.3 Å². The molecule has 142 valence electrons. The van der Waals surface area contributed by atoms with Gasteiger partial charge < -0.3 is 15.4 Å². The van der Waals surface area contributed by atoms with Crippen molar-refractivity contribution in [3.63, 3.8) is 0 Å². The fourth-order valence-corrected chi connectivity index (χ4v) is 4.32. The molecule has 0 aromatic heterocycles. The minimum atomic E-state index is -0.104. The van der Waals surface area contributed by atoms with Crippen molar-refractivity contribution in [1.82, 2.24) is 10.6 Å². The van der Waals surface area contributed by atoms with Crippen molar-refractivity contribution in [2.75, 3.05) is 6.61 Å². The van der Waals surface area contributed by atoms with E-state index in [-0.39, 0.29) is 47.2 Å². The lowest BCUT2D eigenvalue weighted by molar-refractivity contribution is -0.131. The highest BCUT2D eigenvalue weighted by molar-refractivity contribution is 6.30. The van der Waals surface area contributed by atoms with Gasteiger partial charge in [-0.05, 0) is 51.4 Å². The van der Waals surface area contributed by atoms with E-state index in [9.17, 15) is 9.59 Å². The summed E-state index contributed by atoms with van der Waals surface area (Å²) in [7, 11) is 0. The van der Waals surface area contributed by atoms with E-state index in [2.05, 4.69) is 10.6 Å². The van der Waals surface area contributed by atoms with Gasteiger partial charge in [-0.15, -0.1) is 23.2 Å². The molecule has 2 N–H and O–H groups in total. The molecule has 0 aromatic rings. The standard InChI is InChI=1S/C18H28Cl2N2O3/c19-15-7-6-14(9-16(15)20)25-10-17(23)21-13-3-1-2-11(8-13)18(24)22-12-4-5-12/h11-16H,1-10H2,(H,21,23)(H,22,24). The molecule has 0 spiro atoms. The molecule has 25 heavy (non-hydrogen) atoms. The van der Waals surface area contributed by atoms with Crippen LogP contribution in [0.3, 0.4) is 0 Å². The minimum Gasteiger partial charge on any atom is -0.368 e. The summed E-state index contributed by atoms with van der Waals surface area (Å²) in [5.74, 6) is 0.0765. The van der Waals surface area contributed by atoms with Crippen molar-refractivity contribution in [3.8, 4) is 0 Å². The number of hydrogen-bond acceptors (Lipinski definition) is 3. The summed E-state index contributed by atoms with van der Waals surface area (Å²) in [6.45, 7) is 0.0522. The molecule has 5 atom stereocenters. The van der Waals surface area contributed by atoms with Gasteiger partial charge in [0.1, 0.15) is 6.61 Å². The third-order valence-electron chi connectivity index (χ3n) is 5.43. The molecule has 3 aliphatic rings. The molecular weight excluding hydrogens is 363 g/mol. The molecule has 3 saturated carbocycles. The van der Waals surface area contributed by atoms with E-state index >= 15 is 0 Å². The van der Waals surface area contributed by atoms with Crippen LogP contribution in [0.25, 0.3) is 0 Å². The summed E-state index contributed by atoms with van der Waals surface area (Å²) < 4.78 is 5.71. The van der Waals surface area contributed by atoms with Gasteiger partial charge in [0.15, 0.2) is 0 Å². The molecule has 7 heteroatoms. The van der Waals surface area contributed by atoms with Gasteiger partial charge in [0.05, 0.1) is 16.9 Å². The lowest BCUT2D eigenvalue weighted by Gasteiger charge is -2.30. The average molecular weight is 391 g/mol.